The molecule has 0 bridgehead atoms. The van der Waals surface area contributed by atoms with E-state index in [0.717, 1.165) is 12.1 Å². The van der Waals surface area contributed by atoms with E-state index >= 15 is 0 Å². The molecule has 0 spiro atoms. The molecule has 2 rings (SSSR count). The lowest BCUT2D eigenvalue weighted by Gasteiger charge is -2.09. The summed E-state index contributed by atoms with van der Waals surface area (Å²) in [6.45, 7) is 1.93. The van der Waals surface area contributed by atoms with Crippen LogP contribution in [0.4, 0.5) is 5.69 Å². The summed E-state index contributed by atoms with van der Waals surface area (Å²) in [4.78, 5) is 12.2. The van der Waals surface area contributed by atoms with Crippen molar-refractivity contribution in [3.63, 3.8) is 0 Å². The standard InChI is InChI=1S/C16H17NO2/c1-2-12-6-5-8-14(10-12)17-16(19)15-9-4-3-7-13(15)11-18/h3-10,18H,2,11H2,1H3,(H,17,19). The highest BCUT2D eigenvalue weighted by atomic mass is 16.3. The molecule has 0 heterocycles. The Bertz CT molecular complexity index is 578. The van der Waals surface area contributed by atoms with Crippen LogP contribution in [0.2, 0.25) is 0 Å². The third kappa shape index (κ3) is 3.20. The minimum Gasteiger partial charge on any atom is -0.392 e. The average Bonchev–Trinajstić information content (AvgIpc) is 2.47. The Morgan fingerprint density at radius 2 is 1.95 bits per heavy atom. The van der Waals surface area contributed by atoms with E-state index in [1.165, 1.54) is 5.56 Å². The number of carbonyl (C=O) groups excluding carboxylic acids is 1. The third-order valence-corrected chi connectivity index (χ3v) is 3.03. The van der Waals surface area contributed by atoms with E-state index in [0.29, 0.717) is 11.1 Å². The number of carbonyl (C=O) groups is 1. The van der Waals surface area contributed by atoms with Crippen LogP contribution in [0.15, 0.2) is 48.5 Å². The molecule has 98 valence electrons. The van der Waals surface area contributed by atoms with Crippen molar-refractivity contribution in [2.75, 3.05) is 5.32 Å². The van der Waals surface area contributed by atoms with E-state index in [-0.39, 0.29) is 12.5 Å². The van der Waals surface area contributed by atoms with Gasteiger partial charge in [0.2, 0.25) is 0 Å². The Kier molecular flexibility index (Phi) is 4.31. The van der Waals surface area contributed by atoms with Gasteiger partial charge < -0.3 is 10.4 Å². The summed E-state index contributed by atoms with van der Waals surface area (Å²) >= 11 is 0. The van der Waals surface area contributed by atoms with Gasteiger partial charge in [-0.3, -0.25) is 4.79 Å². The molecule has 0 aliphatic rings. The van der Waals surface area contributed by atoms with Gasteiger partial charge in [0.25, 0.3) is 5.91 Å². The molecular weight excluding hydrogens is 238 g/mol. The zero-order valence-corrected chi connectivity index (χ0v) is 10.9. The average molecular weight is 255 g/mol. The second-order valence-electron chi connectivity index (χ2n) is 4.32. The van der Waals surface area contributed by atoms with Gasteiger partial charge in [-0.15, -0.1) is 0 Å². The lowest BCUT2D eigenvalue weighted by Crippen LogP contribution is -2.14. The first-order chi connectivity index (χ1) is 9.24. The minimum atomic E-state index is -0.196. The largest absolute Gasteiger partial charge is 0.392 e. The van der Waals surface area contributed by atoms with E-state index in [1.807, 2.05) is 24.3 Å². The normalized spacial score (nSPS) is 10.2. The number of benzene rings is 2. The summed E-state index contributed by atoms with van der Waals surface area (Å²) < 4.78 is 0. The van der Waals surface area contributed by atoms with Crippen molar-refractivity contribution in [1.82, 2.24) is 0 Å². The van der Waals surface area contributed by atoms with Crippen LogP contribution in [0.1, 0.15) is 28.4 Å². The second kappa shape index (κ2) is 6.16. The van der Waals surface area contributed by atoms with Crippen LogP contribution < -0.4 is 5.32 Å². The number of aliphatic hydroxyl groups is 1. The van der Waals surface area contributed by atoms with Gasteiger partial charge in [-0.05, 0) is 35.7 Å². The van der Waals surface area contributed by atoms with Gasteiger partial charge in [-0.25, -0.2) is 0 Å². The van der Waals surface area contributed by atoms with Crippen molar-refractivity contribution in [3.8, 4) is 0 Å². The van der Waals surface area contributed by atoms with Gasteiger partial charge in [0.05, 0.1) is 6.61 Å². The molecule has 1 amide bonds. The second-order valence-corrected chi connectivity index (χ2v) is 4.32. The molecule has 3 heteroatoms. The van der Waals surface area contributed by atoms with Crippen LogP contribution in [0.3, 0.4) is 0 Å². The van der Waals surface area contributed by atoms with Crippen molar-refractivity contribution in [3.05, 3.63) is 65.2 Å². The number of rotatable bonds is 4. The smallest absolute Gasteiger partial charge is 0.256 e. The van der Waals surface area contributed by atoms with E-state index in [1.54, 1.807) is 24.3 Å². The highest BCUT2D eigenvalue weighted by Gasteiger charge is 2.10. The first-order valence-electron chi connectivity index (χ1n) is 6.33. The molecule has 0 atom stereocenters. The van der Waals surface area contributed by atoms with Crippen molar-refractivity contribution in [1.29, 1.82) is 0 Å². The van der Waals surface area contributed by atoms with E-state index in [4.69, 9.17) is 0 Å². The maximum absolute atomic E-state index is 12.2. The summed E-state index contributed by atoms with van der Waals surface area (Å²) in [5, 5.41) is 12.1. The van der Waals surface area contributed by atoms with Gasteiger partial charge in [0.1, 0.15) is 0 Å². The summed E-state index contributed by atoms with van der Waals surface area (Å²) in [7, 11) is 0. The molecule has 0 unspecified atom stereocenters. The van der Waals surface area contributed by atoms with Gasteiger partial charge in [0, 0.05) is 11.3 Å². The maximum Gasteiger partial charge on any atom is 0.256 e. The zero-order chi connectivity index (χ0) is 13.7. The number of aryl methyl sites for hydroxylation is 1. The topological polar surface area (TPSA) is 49.3 Å². The van der Waals surface area contributed by atoms with Crippen molar-refractivity contribution >= 4 is 11.6 Å². The molecule has 2 N–H and O–H groups in total. The van der Waals surface area contributed by atoms with Gasteiger partial charge in [0.15, 0.2) is 0 Å². The molecule has 2 aromatic carbocycles. The summed E-state index contributed by atoms with van der Waals surface area (Å²) in [5.41, 5.74) is 3.09. The van der Waals surface area contributed by atoms with Crippen LogP contribution in [0.25, 0.3) is 0 Å². The predicted octanol–water partition coefficient (Wildman–Crippen LogP) is 2.99. The Hall–Kier alpha value is -2.13. The Morgan fingerprint density at radius 3 is 2.68 bits per heavy atom. The SMILES string of the molecule is CCc1cccc(NC(=O)c2ccccc2CO)c1. The van der Waals surface area contributed by atoms with Gasteiger partial charge >= 0.3 is 0 Å². The molecule has 3 nitrogen and oxygen atoms in total. The molecule has 2 aromatic rings. The van der Waals surface area contributed by atoms with E-state index in [2.05, 4.69) is 12.2 Å². The number of anilines is 1. The molecule has 19 heavy (non-hydrogen) atoms. The fraction of sp³-hybridized carbons (Fsp3) is 0.188. The monoisotopic (exact) mass is 255 g/mol. The highest BCUT2D eigenvalue weighted by Crippen LogP contribution is 2.15. The number of hydrogen-bond donors (Lipinski definition) is 2. The molecule has 0 fully saturated rings. The molecular formula is C16H17NO2. The van der Waals surface area contributed by atoms with Crippen molar-refractivity contribution in [2.24, 2.45) is 0 Å². The van der Waals surface area contributed by atoms with Crippen LogP contribution in [0.5, 0.6) is 0 Å². The summed E-state index contributed by atoms with van der Waals surface area (Å²) in [6.07, 6.45) is 0.928. The number of amides is 1. The quantitative estimate of drug-likeness (QED) is 0.882. The Labute approximate surface area is 112 Å². The highest BCUT2D eigenvalue weighted by molar-refractivity contribution is 6.05. The van der Waals surface area contributed by atoms with Crippen LogP contribution in [-0.4, -0.2) is 11.0 Å². The lowest BCUT2D eigenvalue weighted by molar-refractivity contribution is 0.102. The van der Waals surface area contributed by atoms with Gasteiger partial charge in [-0.1, -0.05) is 37.3 Å². The zero-order valence-electron chi connectivity index (χ0n) is 10.9. The van der Waals surface area contributed by atoms with Crippen molar-refractivity contribution < 1.29 is 9.90 Å². The van der Waals surface area contributed by atoms with Crippen LogP contribution in [-0.2, 0) is 13.0 Å². The number of nitrogens with one attached hydrogen (secondary N) is 1. The summed E-state index contributed by atoms with van der Waals surface area (Å²) in [5.74, 6) is -0.196. The molecule has 0 radical (unpaired) electrons. The Balaban J connectivity index is 2.20. The van der Waals surface area contributed by atoms with E-state index in [9.17, 15) is 9.90 Å². The van der Waals surface area contributed by atoms with Crippen LogP contribution in [0, 0.1) is 0 Å². The Morgan fingerprint density at radius 1 is 1.16 bits per heavy atom. The predicted molar refractivity (Wildman–Crippen MR) is 76.1 cm³/mol. The van der Waals surface area contributed by atoms with Crippen molar-refractivity contribution in [2.45, 2.75) is 20.0 Å². The minimum absolute atomic E-state index is 0.140. The lowest BCUT2D eigenvalue weighted by atomic mass is 10.1. The number of aliphatic hydroxyl groups excluding tert-OH is 1. The van der Waals surface area contributed by atoms with E-state index < -0.39 is 0 Å². The van der Waals surface area contributed by atoms with Crippen LogP contribution >= 0.6 is 0 Å². The van der Waals surface area contributed by atoms with Gasteiger partial charge in [-0.2, -0.15) is 0 Å². The first kappa shape index (κ1) is 13.3. The molecule has 0 saturated heterocycles. The molecule has 0 aliphatic heterocycles. The fourth-order valence-corrected chi connectivity index (χ4v) is 1.95. The maximum atomic E-state index is 12.2. The molecule has 0 saturated carbocycles. The fourth-order valence-electron chi connectivity index (χ4n) is 1.95. The molecule has 0 aliphatic carbocycles. The first-order valence-corrected chi connectivity index (χ1v) is 6.33. The summed E-state index contributed by atoms with van der Waals surface area (Å²) in [6, 6.07) is 14.8. The molecule has 0 aromatic heterocycles. The third-order valence-electron chi connectivity index (χ3n) is 3.03. The number of hydrogen-bond acceptors (Lipinski definition) is 2.